The molecular formula is C14H13NO2S. The summed E-state index contributed by atoms with van der Waals surface area (Å²) >= 11 is 1.79. The normalized spacial score (nSPS) is 20.8. The highest BCUT2D eigenvalue weighted by Gasteiger charge is 2.26. The van der Waals surface area contributed by atoms with Crippen LogP contribution in [0.2, 0.25) is 0 Å². The average Bonchev–Trinajstić information content (AvgIpc) is 3.06. The van der Waals surface area contributed by atoms with Gasteiger partial charge in [-0.15, -0.1) is 11.3 Å². The van der Waals surface area contributed by atoms with Gasteiger partial charge < -0.3 is 14.8 Å². The standard InChI is InChI=1S/C14H13NO2S/c1-2-13(18-5-1)14-10-7-12-11(16-8-17-12)6-9(10)3-4-15-14/h1-2,5-7,14-15H,3-4,8H2. The summed E-state index contributed by atoms with van der Waals surface area (Å²) in [6, 6.07) is 8.85. The lowest BCUT2D eigenvalue weighted by Gasteiger charge is -2.26. The molecule has 0 bridgehead atoms. The van der Waals surface area contributed by atoms with E-state index in [0.29, 0.717) is 12.8 Å². The second-order valence-electron chi connectivity index (χ2n) is 4.56. The van der Waals surface area contributed by atoms with E-state index < -0.39 is 0 Å². The fraction of sp³-hybridized carbons (Fsp3) is 0.286. The number of thiophene rings is 1. The highest BCUT2D eigenvalue weighted by atomic mass is 32.1. The lowest BCUT2D eigenvalue weighted by molar-refractivity contribution is 0.174. The molecule has 3 nitrogen and oxygen atoms in total. The van der Waals surface area contributed by atoms with E-state index in [1.54, 1.807) is 11.3 Å². The summed E-state index contributed by atoms with van der Waals surface area (Å²) in [4.78, 5) is 1.36. The Morgan fingerprint density at radius 2 is 2.11 bits per heavy atom. The van der Waals surface area contributed by atoms with Gasteiger partial charge in [-0.05, 0) is 41.1 Å². The van der Waals surface area contributed by atoms with E-state index in [0.717, 1.165) is 24.5 Å². The number of nitrogens with one attached hydrogen (secondary N) is 1. The first-order chi connectivity index (χ1) is 8.92. The second kappa shape index (κ2) is 4.00. The van der Waals surface area contributed by atoms with Crippen molar-refractivity contribution in [3.8, 4) is 11.5 Å². The number of ether oxygens (including phenoxy) is 2. The summed E-state index contributed by atoms with van der Waals surface area (Å²) in [5, 5.41) is 5.71. The molecule has 0 fully saturated rings. The van der Waals surface area contributed by atoms with Crippen molar-refractivity contribution >= 4 is 11.3 Å². The molecule has 92 valence electrons. The molecule has 0 saturated heterocycles. The zero-order valence-corrected chi connectivity index (χ0v) is 10.6. The topological polar surface area (TPSA) is 30.5 Å². The Labute approximate surface area is 109 Å². The van der Waals surface area contributed by atoms with Gasteiger partial charge in [-0.2, -0.15) is 0 Å². The van der Waals surface area contributed by atoms with E-state index in [1.165, 1.54) is 16.0 Å². The minimum Gasteiger partial charge on any atom is -0.454 e. The van der Waals surface area contributed by atoms with E-state index in [4.69, 9.17) is 9.47 Å². The first-order valence-corrected chi connectivity index (χ1v) is 6.99. The molecule has 1 N–H and O–H groups in total. The first kappa shape index (κ1) is 10.4. The van der Waals surface area contributed by atoms with Crippen molar-refractivity contribution in [1.29, 1.82) is 0 Å². The quantitative estimate of drug-likeness (QED) is 0.854. The van der Waals surface area contributed by atoms with Crippen LogP contribution in [-0.4, -0.2) is 13.3 Å². The van der Waals surface area contributed by atoms with Crippen molar-refractivity contribution in [2.45, 2.75) is 12.5 Å². The smallest absolute Gasteiger partial charge is 0.231 e. The Kier molecular flexibility index (Phi) is 2.31. The number of hydrogen-bond donors (Lipinski definition) is 1. The third kappa shape index (κ3) is 1.53. The molecule has 0 radical (unpaired) electrons. The van der Waals surface area contributed by atoms with E-state index in [1.807, 2.05) is 0 Å². The zero-order valence-electron chi connectivity index (χ0n) is 9.81. The van der Waals surface area contributed by atoms with Crippen LogP contribution in [0.3, 0.4) is 0 Å². The maximum Gasteiger partial charge on any atom is 0.231 e. The van der Waals surface area contributed by atoms with Gasteiger partial charge in [-0.3, -0.25) is 0 Å². The second-order valence-corrected chi connectivity index (χ2v) is 5.54. The van der Waals surface area contributed by atoms with Gasteiger partial charge in [0.2, 0.25) is 6.79 Å². The lowest BCUT2D eigenvalue weighted by atomic mass is 9.93. The average molecular weight is 259 g/mol. The van der Waals surface area contributed by atoms with E-state index in [2.05, 4.69) is 35.0 Å². The molecule has 0 spiro atoms. The fourth-order valence-corrected chi connectivity index (χ4v) is 3.47. The molecule has 1 unspecified atom stereocenters. The molecule has 4 rings (SSSR count). The minimum absolute atomic E-state index is 0.295. The van der Waals surface area contributed by atoms with Gasteiger partial charge in [-0.25, -0.2) is 0 Å². The van der Waals surface area contributed by atoms with Crippen LogP contribution >= 0.6 is 11.3 Å². The fourth-order valence-electron chi connectivity index (χ4n) is 2.66. The molecule has 2 aromatic rings. The molecule has 1 atom stereocenters. The highest BCUT2D eigenvalue weighted by molar-refractivity contribution is 7.10. The molecule has 18 heavy (non-hydrogen) atoms. The summed E-state index contributed by atoms with van der Waals surface area (Å²) in [6.45, 7) is 1.35. The predicted molar refractivity (Wildman–Crippen MR) is 70.4 cm³/mol. The summed E-state index contributed by atoms with van der Waals surface area (Å²) in [5.41, 5.74) is 2.70. The molecule has 3 heterocycles. The van der Waals surface area contributed by atoms with Gasteiger partial charge in [-0.1, -0.05) is 6.07 Å². The Bertz CT molecular complexity index is 580. The maximum atomic E-state index is 5.48. The molecule has 0 amide bonds. The monoisotopic (exact) mass is 259 g/mol. The molecule has 4 heteroatoms. The van der Waals surface area contributed by atoms with Crippen LogP contribution in [0.5, 0.6) is 11.5 Å². The van der Waals surface area contributed by atoms with Crippen LogP contribution in [0, 0.1) is 0 Å². The third-order valence-corrected chi connectivity index (χ3v) is 4.45. The Balaban J connectivity index is 1.84. The Morgan fingerprint density at radius 1 is 1.22 bits per heavy atom. The number of hydrogen-bond acceptors (Lipinski definition) is 4. The first-order valence-electron chi connectivity index (χ1n) is 6.11. The minimum atomic E-state index is 0.295. The van der Waals surface area contributed by atoms with Gasteiger partial charge in [0.1, 0.15) is 0 Å². The van der Waals surface area contributed by atoms with Gasteiger partial charge in [0, 0.05) is 11.4 Å². The van der Waals surface area contributed by atoms with Crippen molar-refractivity contribution in [2.75, 3.05) is 13.3 Å². The molecule has 2 aliphatic rings. The van der Waals surface area contributed by atoms with Crippen LogP contribution < -0.4 is 14.8 Å². The summed E-state index contributed by atoms with van der Waals surface area (Å²) in [5.74, 6) is 1.76. The number of benzene rings is 1. The molecule has 0 aliphatic carbocycles. The largest absolute Gasteiger partial charge is 0.454 e. The van der Waals surface area contributed by atoms with Crippen LogP contribution in [-0.2, 0) is 6.42 Å². The van der Waals surface area contributed by atoms with E-state index >= 15 is 0 Å². The Hall–Kier alpha value is -1.52. The highest BCUT2D eigenvalue weighted by Crippen LogP contribution is 2.40. The van der Waals surface area contributed by atoms with Crippen molar-refractivity contribution < 1.29 is 9.47 Å². The van der Waals surface area contributed by atoms with E-state index in [9.17, 15) is 0 Å². The predicted octanol–water partition coefficient (Wildman–Crippen LogP) is 2.71. The van der Waals surface area contributed by atoms with Gasteiger partial charge >= 0.3 is 0 Å². The maximum absolute atomic E-state index is 5.48. The SMILES string of the molecule is c1csc(C2NCCc3cc4c(cc32)OCO4)c1. The molecular weight excluding hydrogens is 246 g/mol. The van der Waals surface area contributed by atoms with Gasteiger partial charge in [0.25, 0.3) is 0 Å². The third-order valence-electron chi connectivity index (χ3n) is 3.52. The van der Waals surface area contributed by atoms with Crippen LogP contribution in [0.1, 0.15) is 22.0 Å². The number of rotatable bonds is 1. The van der Waals surface area contributed by atoms with Crippen molar-refractivity contribution in [2.24, 2.45) is 0 Å². The Morgan fingerprint density at radius 3 is 2.94 bits per heavy atom. The van der Waals surface area contributed by atoms with Crippen molar-refractivity contribution in [1.82, 2.24) is 5.32 Å². The molecule has 1 aromatic heterocycles. The van der Waals surface area contributed by atoms with Crippen molar-refractivity contribution in [3.63, 3.8) is 0 Å². The van der Waals surface area contributed by atoms with E-state index in [-0.39, 0.29) is 0 Å². The molecule has 2 aliphatic heterocycles. The summed E-state index contributed by atoms with van der Waals surface area (Å²) < 4.78 is 10.9. The van der Waals surface area contributed by atoms with Crippen LogP contribution in [0.4, 0.5) is 0 Å². The van der Waals surface area contributed by atoms with Crippen LogP contribution in [0.15, 0.2) is 29.6 Å². The number of fused-ring (bicyclic) bond motifs is 2. The molecule has 1 aromatic carbocycles. The van der Waals surface area contributed by atoms with Gasteiger partial charge in [0.15, 0.2) is 11.5 Å². The zero-order chi connectivity index (χ0) is 11.9. The summed E-state index contributed by atoms with van der Waals surface area (Å²) in [6.07, 6.45) is 1.05. The summed E-state index contributed by atoms with van der Waals surface area (Å²) in [7, 11) is 0. The van der Waals surface area contributed by atoms with Gasteiger partial charge in [0.05, 0.1) is 6.04 Å². The molecule has 0 saturated carbocycles. The van der Waals surface area contributed by atoms with Crippen molar-refractivity contribution in [3.05, 3.63) is 45.6 Å². The van der Waals surface area contributed by atoms with Crippen LogP contribution in [0.25, 0.3) is 0 Å². The lowest BCUT2D eigenvalue weighted by Crippen LogP contribution is -2.29.